The molecule has 0 fully saturated rings. The molecule has 0 aliphatic carbocycles. The monoisotopic (exact) mass is 448 g/mol. The molecule has 7 nitrogen and oxygen atoms in total. The van der Waals surface area contributed by atoms with Gasteiger partial charge in [0, 0.05) is 12.7 Å². The number of carbonyl (C=O) groups excluding carboxylic acids is 3. The van der Waals surface area contributed by atoms with E-state index in [1.807, 2.05) is 0 Å². The van der Waals surface area contributed by atoms with E-state index < -0.39 is 40.5 Å². The van der Waals surface area contributed by atoms with E-state index in [1.165, 1.54) is 13.1 Å². The molecule has 1 aromatic carbocycles. The van der Waals surface area contributed by atoms with E-state index in [-0.39, 0.29) is 22.4 Å². The van der Waals surface area contributed by atoms with Gasteiger partial charge in [0.25, 0.3) is 17.6 Å². The van der Waals surface area contributed by atoms with E-state index >= 15 is 0 Å². The quantitative estimate of drug-likeness (QED) is 0.415. The van der Waals surface area contributed by atoms with Gasteiger partial charge in [-0.1, -0.05) is 5.92 Å². The molecule has 2 amide bonds. The van der Waals surface area contributed by atoms with Gasteiger partial charge in [-0.05, 0) is 34.1 Å². The third-order valence-electron chi connectivity index (χ3n) is 3.61. The number of Topliss-reactive ketones (excluding diaryl/α,β-unsaturated/α-hetero) is 1. The largest absolute Gasteiger partial charge is 0.338 e. The van der Waals surface area contributed by atoms with Crippen LogP contribution in [0.2, 0.25) is 0 Å². The molecule has 0 bridgehead atoms. The van der Waals surface area contributed by atoms with Gasteiger partial charge in [-0.2, -0.15) is 5.26 Å². The Kier molecular flexibility index (Phi) is 6.29. The highest BCUT2D eigenvalue weighted by atomic mass is 79.9. The Morgan fingerprint density at radius 3 is 2.61 bits per heavy atom. The van der Waals surface area contributed by atoms with Gasteiger partial charge in [-0.3, -0.25) is 14.4 Å². The molecular formula is C18H11BrF2N4O3. The van der Waals surface area contributed by atoms with Crippen molar-refractivity contribution in [2.75, 3.05) is 11.9 Å². The van der Waals surface area contributed by atoms with E-state index in [0.717, 1.165) is 16.7 Å². The van der Waals surface area contributed by atoms with Gasteiger partial charge in [0.15, 0.2) is 5.82 Å². The van der Waals surface area contributed by atoms with E-state index in [2.05, 4.69) is 32.5 Å². The van der Waals surface area contributed by atoms with Crippen LogP contribution < -0.4 is 10.6 Å². The lowest BCUT2D eigenvalue weighted by Crippen LogP contribution is -2.31. The molecule has 2 N–H and O–H groups in total. The fraction of sp³-hybridized carbons (Fsp3) is 0.111. The van der Waals surface area contributed by atoms with Crippen molar-refractivity contribution in [3.63, 3.8) is 0 Å². The zero-order chi connectivity index (χ0) is 21.0. The van der Waals surface area contributed by atoms with Crippen LogP contribution in [-0.2, 0) is 11.8 Å². The second-order valence-electron chi connectivity index (χ2n) is 5.36. The van der Waals surface area contributed by atoms with Crippen molar-refractivity contribution >= 4 is 39.2 Å². The second-order valence-corrected chi connectivity index (χ2v) is 6.12. The van der Waals surface area contributed by atoms with Gasteiger partial charge in [0.1, 0.15) is 17.6 Å². The number of hydrogen-bond donors (Lipinski definition) is 2. The van der Waals surface area contributed by atoms with Crippen molar-refractivity contribution in [3.8, 4) is 18.4 Å². The first-order valence-electron chi connectivity index (χ1n) is 7.53. The van der Waals surface area contributed by atoms with Crippen LogP contribution in [0.5, 0.6) is 0 Å². The highest BCUT2D eigenvalue weighted by Crippen LogP contribution is 2.27. The van der Waals surface area contributed by atoms with E-state index in [9.17, 15) is 23.2 Å². The minimum atomic E-state index is -1.23. The number of aromatic nitrogens is 1. The summed E-state index contributed by atoms with van der Waals surface area (Å²) in [5.74, 6) is -3.23. The van der Waals surface area contributed by atoms with E-state index in [1.54, 1.807) is 6.07 Å². The number of nitriles is 1. The molecule has 10 heteroatoms. The van der Waals surface area contributed by atoms with Gasteiger partial charge in [0.2, 0.25) is 0 Å². The maximum absolute atomic E-state index is 14.8. The van der Waals surface area contributed by atoms with Crippen molar-refractivity contribution in [1.82, 2.24) is 9.88 Å². The lowest BCUT2D eigenvalue weighted by Gasteiger charge is -2.07. The Hall–Kier alpha value is -3.50. The Morgan fingerprint density at radius 1 is 1.32 bits per heavy atom. The summed E-state index contributed by atoms with van der Waals surface area (Å²) in [5.41, 5.74) is -1.46. The Bertz CT molecular complexity index is 1080. The van der Waals surface area contributed by atoms with E-state index in [0.29, 0.717) is 0 Å². The van der Waals surface area contributed by atoms with Crippen LogP contribution in [0.25, 0.3) is 0 Å². The van der Waals surface area contributed by atoms with Gasteiger partial charge in [0.05, 0.1) is 22.3 Å². The SMILES string of the molecule is C#CCNC(=O)C(=O)c1c(F)c(C(=O)Nc2ccc(F)c(C#N)c2)n(C)c1Br. The summed E-state index contributed by atoms with van der Waals surface area (Å²) < 4.78 is 29.1. The van der Waals surface area contributed by atoms with Crippen LogP contribution in [-0.4, -0.2) is 28.7 Å². The summed E-state index contributed by atoms with van der Waals surface area (Å²) in [5, 5.41) is 13.3. The summed E-state index contributed by atoms with van der Waals surface area (Å²) in [6, 6.07) is 4.84. The van der Waals surface area contributed by atoms with Crippen molar-refractivity contribution in [1.29, 1.82) is 5.26 Å². The van der Waals surface area contributed by atoms with Crippen molar-refractivity contribution in [3.05, 3.63) is 51.3 Å². The van der Waals surface area contributed by atoms with Crippen LogP contribution in [0.15, 0.2) is 22.8 Å². The molecule has 0 saturated carbocycles. The number of terminal acetylenes is 1. The smallest absolute Gasteiger partial charge is 0.293 e. The maximum atomic E-state index is 14.8. The van der Waals surface area contributed by atoms with Gasteiger partial charge >= 0.3 is 0 Å². The fourth-order valence-electron chi connectivity index (χ4n) is 2.27. The average Bonchev–Trinajstić information content (AvgIpc) is 2.89. The number of amides is 2. The topological polar surface area (TPSA) is 104 Å². The molecule has 0 radical (unpaired) electrons. The Labute approximate surface area is 166 Å². The highest BCUT2D eigenvalue weighted by Gasteiger charge is 2.32. The molecule has 0 spiro atoms. The van der Waals surface area contributed by atoms with Crippen molar-refractivity contribution < 1.29 is 23.2 Å². The number of halogens is 3. The lowest BCUT2D eigenvalue weighted by molar-refractivity contribution is -0.116. The first kappa shape index (κ1) is 20.8. The van der Waals surface area contributed by atoms with Gasteiger partial charge in [-0.25, -0.2) is 8.78 Å². The molecule has 28 heavy (non-hydrogen) atoms. The predicted octanol–water partition coefficient (Wildman–Crippen LogP) is 2.12. The normalized spacial score (nSPS) is 9.93. The molecular weight excluding hydrogens is 438 g/mol. The number of benzene rings is 1. The molecule has 1 heterocycles. The zero-order valence-electron chi connectivity index (χ0n) is 14.3. The summed E-state index contributed by atoms with van der Waals surface area (Å²) in [6.07, 6.45) is 4.99. The van der Waals surface area contributed by atoms with Gasteiger partial charge < -0.3 is 15.2 Å². The second kappa shape index (κ2) is 8.46. The minimum Gasteiger partial charge on any atom is -0.338 e. The molecule has 0 unspecified atom stereocenters. The molecule has 2 rings (SSSR count). The number of carbonyl (C=O) groups is 3. The molecule has 0 saturated heterocycles. The first-order valence-corrected chi connectivity index (χ1v) is 8.32. The molecule has 142 valence electrons. The first-order chi connectivity index (χ1) is 13.2. The van der Waals surface area contributed by atoms with Crippen LogP contribution in [0.4, 0.5) is 14.5 Å². The number of anilines is 1. The molecule has 0 atom stereocenters. The molecule has 0 aliphatic rings. The Balaban J connectivity index is 2.38. The third-order valence-corrected chi connectivity index (χ3v) is 4.54. The standard InChI is InChI=1S/C18H11BrF2N4O3/c1-3-6-23-18(28)15(26)12-13(21)14(25(2)16(12)19)17(27)24-10-4-5-11(20)9(7-10)8-22/h1,4-5,7H,6H2,2H3,(H,23,28)(H,24,27). The molecule has 2 aromatic rings. The number of ketones is 1. The van der Waals surface area contributed by atoms with Gasteiger partial charge in [-0.15, -0.1) is 6.42 Å². The van der Waals surface area contributed by atoms with Crippen molar-refractivity contribution in [2.45, 2.75) is 0 Å². The number of hydrogen-bond acceptors (Lipinski definition) is 4. The zero-order valence-corrected chi connectivity index (χ0v) is 15.9. The predicted molar refractivity (Wildman–Crippen MR) is 98.3 cm³/mol. The summed E-state index contributed by atoms with van der Waals surface area (Å²) in [7, 11) is 1.30. The molecule has 0 aliphatic heterocycles. The number of nitrogens with one attached hydrogen (secondary N) is 2. The minimum absolute atomic E-state index is 0.0410. The average molecular weight is 449 g/mol. The molecule has 1 aromatic heterocycles. The summed E-state index contributed by atoms with van der Waals surface area (Å²) in [6.45, 7) is -0.226. The maximum Gasteiger partial charge on any atom is 0.293 e. The van der Waals surface area contributed by atoms with Crippen molar-refractivity contribution in [2.24, 2.45) is 7.05 Å². The van der Waals surface area contributed by atoms with Crippen LogP contribution in [0.1, 0.15) is 26.4 Å². The number of nitrogens with zero attached hydrogens (tertiary/aromatic N) is 2. The summed E-state index contributed by atoms with van der Waals surface area (Å²) >= 11 is 2.98. The van der Waals surface area contributed by atoms with E-state index in [4.69, 9.17) is 11.7 Å². The van der Waals surface area contributed by atoms with Crippen LogP contribution >= 0.6 is 15.9 Å². The van der Waals surface area contributed by atoms with Crippen LogP contribution in [0, 0.1) is 35.3 Å². The fourth-order valence-corrected chi connectivity index (χ4v) is 2.80. The Morgan fingerprint density at radius 2 is 2.00 bits per heavy atom. The lowest BCUT2D eigenvalue weighted by atomic mass is 10.1. The third kappa shape index (κ3) is 3.92. The number of rotatable bonds is 5. The highest BCUT2D eigenvalue weighted by molar-refractivity contribution is 9.10. The summed E-state index contributed by atoms with van der Waals surface area (Å²) in [4.78, 5) is 36.4. The van der Waals surface area contributed by atoms with Crippen LogP contribution in [0.3, 0.4) is 0 Å².